The number of hydrogen-bond donors (Lipinski definition) is 3. The highest BCUT2D eigenvalue weighted by Crippen LogP contribution is 2.08. The topological polar surface area (TPSA) is 120 Å². The third kappa shape index (κ3) is 8.16. The predicted octanol–water partition coefficient (Wildman–Crippen LogP) is 1.75. The fourth-order valence-electron chi connectivity index (χ4n) is 1.90. The molecule has 1 aromatic carbocycles. The Bertz CT molecular complexity index is 611. The van der Waals surface area contributed by atoms with Crippen LogP contribution < -0.4 is 16.5 Å². The van der Waals surface area contributed by atoms with Gasteiger partial charge in [0, 0.05) is 6.54 Å². The lowest BCUT2D eigenvalue weighted by Crippen LogP contribution is -2.33. The average Bonchev–Trinajstić information content (AvgIpc) is 2.52. The molecule has 1 aromatic rings. The van der Waals surface area contributed by atoms with Crippen molar-refractivity contribution in [2.24, 2.45) is 5.73 Å². The molecule has 0 heterocycles. The molecule has 0 aliphatic carbocycles. The van der Waals surface area contributed by atoms with E-state index in [9.17, 15) is 14.4 Å². The lowest BCUT2D eigenvalue weighted by Gasteiger charge is -2.19. The van der Waals surface area contributed by atoms with E-state index in [1.54, 1.807) is 39.0 Å². The summed E-state index contributed by atoms with van der Waals surface area (Å²) >= 11 is 0. The van der Waals surface area contributed by atoms with E-state index in [1.807, 2.05) is 0 Å². The molecule has 0 spiro atoms. The van der Waals surface area contributed by atoms with Gasteiger partial charge in [-0.15, -0.1) is 0 Å². The maximum atomic E-state index is 12.1. The minimum Gasteiger partial charge on any atom is -0.442 e. The highest BCUT2D eigenvalue weighted by molar-refractivity contribution is 6.06. The minimum absolute atomic E-state index is 0.185. The summed E-state index contributed by atoms with van der Waals surface area (Å²) in [5.74, 6) is -1.01. The number of carbonyl (C=O) groups is 3. The van der Waals surface area contributed by atoms with Crippen molar-refractivity contribution in [3.05, 3.63) is 35.4 Å². The first-order valence-corrected chi connectivity index (χ1v) is 7.98. The second-order valence-electron chi connectivity index (χ2n) is 6.33. The molecule has 0 saturated heterocycles. The Kier molecular flexibility index (Phi) is 7.87. The monoisotopic (exact) mass is 351 g/mol. The van der Waals surface area contributed by atoms with Crippen LogP contribution in [0.2, 0.25) is 0 Å². The second-order valence-corrected chi connectivity index (χ2v) is 6.33. The van der Waals surface area contributed by atoms with Crippen molar-refractivity contribution in [1.29, 1.82) is 0 Å². The third-order valence-electron chi connectivity index (χ3n) is 2.95. The SMILES string of the molecule is CC(C)(C)OC(=O)NOCCCCNC(=O)c1ccccc1C(N)=O. The van der Waals surface area contributed by atoms with Crippen molar-refractivity contribution in [3.63, 3.8) is 0 Å². The van der Waals surface area contributed by atoms with Gasteiger partial charge in [0.15, 0.2) is 0 Å². The predicted molar refractivity (Wildman–Crippen MR) is 91.8 cm³/mol. The molecule has 0 saturated carbocycles. The molecule has 138 valence electrons. The molecule has 0 fully saturated rings. The summed E-state index contributed by atoms with van der Waals surface area (Å²) in [4.78, 5) is 39.7. The maximum Gasteiger partial charge on any atom is 0.431 e. The van der Waals surface area contributed by atoms with Crippen LogP contribution >= 0.6 is 0 Å². The molecule has 8 heteroatoms. The van der Waals surface area contributed by atoms with Gasteiger partial charge in [0.1, 0.15) is 5.60 Å². The second kappa shape index (κ2) is 9.63. The van der Waals surface area contributed by atoms with Gasteiger partial charge in [-0.1, -0.05) is 12.1 Å². The summed E-state index contributed by atoms with van der Waals surface area (Å²) in [6.07, 6.45) is 0.609. The summed E-state index contributed by atoms with van der Waals surface area (Å²) in [5, 5.41) is 2.71. The Morgan fingerprint density at radius 2 is 1.72 bits per heavy atom. The number of benzene rings is 1. The number of carbonyl (C=O) groups excluding carboxylic acids is 3. The Hall–Kier alpha value is -2.61. The zero-order valence-corrected chi connectivity index (χ0v) is 14.8. The standard InChI is InChI=1S/C17H25N3O5/c1-17(2,3)25-16(23)20-24-11-7-6-10-19-15(22)13-9-5-4-8-12(13)14(18)21/h4-5,8-9H,6-7,10-11H2,1-3H3,(H2,18,21)(H,19,22)(H,20,23). The number of rotatable bonds is 8. The maximum absolute atomic E-state index is 12.1. The van der Waals surface area contributed by atoms with Gasteiger partial charge in [-0.2, -0.15) is 5.48 Å². The summed E-state index contributed by atoms with van der Waals surface area (Å²) in [5.41, 5.74) is 7.28. The van der Waals surface area contributed by atoms with Crippen LogP contribution in [0.15, 0.2) is 24.3 Å². The number of ether oxygens (including phenoxy) is 1. The van der Waals surface area contributed by atoms with Crippen molar-refractivity contribution in [2.45, 2.75) is 39.2 Å². The number of nitrogens with one attached hydrogen (secondary N) is 2. The van der Waals surface area contributed by atoms with Gasteiger partial charge >= 0.3 is 6.09 Å². The van der Waals surface area contributed by atoms with E-state index in [1.165, 1.54) is 6.07 Å². The molecule has 0 radical (unpaired) electrons. The van der Waals surface area contributed by atoms with Gasteiger partial charge in [-0.3, -0.25) is 14.4 Å². The lowest BCUT2D eigenvalue weighted by molar-refractivity contribution is -0.00846. The van der Waals surface area contributed by atoms with Gasteiger partial charge in [0.25, 0.3) is 5.91 Å². The fourth-order valence-corrected chi connectivity index (χ4v) is 1.90. The Morgan fingerprint density at radius 1 is 1.08 bits per heavy atom. The molecule has 0 unspecified atom stereocenters. The van der Waals surface area contributed by atoms with Crippen molar-refractivity contribution in [1.82, 2.24) is 10.8 Å². The zero-order valence-electron chi connectivity index (χ0n) is 14.8. The van der Waals surface area contributed by atoms with Crippen LogP contribution in [-0.2, 0) is 9.57 Å². The summed E-state index contributed by atoms with van der Waals surface area (Å²) < 4.78 is 5.01. The fraction of sp³-hybridized carbons (Fsp3) is 0.471. The van der Waals surface area contributed by atoms with Crippen LogP contribution in [0.1, 0.15) is 54.3 Å². The first kappa shape index (κ1) is 20.4. The molecule has 0 bridgehead atoms. The van der Waals surface area contributed by atoms with Gasteiger partial charge in [0.2, 0.25) is 5.91 Å². The van der Waals surface area contributed by atoms with E-state index >= 15 is 0 Å². The van der Waals surface area contributed by atoms with Crippen molar-refractivity contribution in [3.8, 4) is 0 Å². The van der Waals surface area contributed by atoms with Crippen LogP contribution in [0, 0.1) is 0 Å². The molecule has 8 nitrogen and oxygen atoms in total. The van der Waals surface area contributed by atoms with Crippen LogP contribution in [0.4, 0.5) is 4.79 Å². The number of primary amides is 1. The molecule has 4 N–H and O–H groups in total. The molecular formula is C17H25N3O5. The highest BCUT2D eigenvalue weighted by Gasteiger charge is 2.16. The Labute approximate surface area is 147 Å². The quantitative estimate of drug-likeness (QED) is 0.487. The van der Waals surface area contributed by atoms with E-state index in [0.717, 1.165) is 0 Å². The lowest BCUT2D eigenvalue weighted by atomic mass is 10.1. The first-order valence-electron chi connectivity index (χ1n) is 7.98. The first-order chi connectivity index (χ1) is 11.7. The molecule has 0 aliphatic rings. The highest BCUT2D eigenvalue weighted by atomic mass is 16.7. The largest absolute Gasteiger partial charge is 0.442 e. The number of hydrogen-bond acceptors (Lipinski definition) is 5. The van der Waals surface area contributed by atoms with Gasteiger partial charge < -0.3 is 15.8 Å². The van der Waals surface area contributed by atoms with Crippen molar-refractivity contribution in [2.75, 3.05) is 13.2 Å². The average molecular weight is 351 g/mol. The Balaban J connectivity index is 2.21. The number of nitrogens with two attached hydrogens (primary N) is 1. The van der Waals surface area contributed by atoms with Crippen molar-refractivity contribution >= 4 is 17.9 Å². The van der Waals surface area contributed by atoms with E-state index in [0.29, 0.717) is 19.4 Å². The molecule has 3 amide bonds. The smallest absolute Gasteiger partial charge is 0.431 e. The zero-order chi connectivity index (χ0) is 18.9. The number of unbranched alkanes of at least 4 members (excludes halogenated alkanes) is 1. The van der Waals surface area contributed by atoms with E-state index in [-0.39, 0.29) is 23.6 Å². The molecule has 0 atom stereocenters. The Morgan fingerprint density at radius 3 is 2.32 bits per heavy atom. The van der Waals surface area contributed by atoms with Crippen molar-refractivity contribution < 1.29 is 24.0 Å². The van der Waals surface area contributed by atoms with Crippen LogP contribution in [-0.4, -0.2) is 36.7 Å². The van der Waals surface area contributed by atoms with E-state index in [2.05, 4.69) is 10.8 Å². The van der Waals surface area contributed by atoms with Gasteiger partial charge in [0.05, 0.1) is 17.7 Å². The number of hydroxylamine groups is 1. The van der Waals surface area contributed by atoms with E-state index < -0.39 is 17.6 Å². The summed E-state index contributed by atoms with van der Waals surface area (Å²) in [6, 6.07) is 6.36. The minimum atomic E-state index is -0.649. The molecule has 0 aliphatic heterocycles. The molecule has 25 heavy (non-hydrogen) atoms. The van der Waals surface area contributed by atoms with E-state index in [4.69, 9.17) is 15.3 Å². The van der Waals surface area contributed by atoms with Crippen LogP contribution in [0.5, 0.6) is 0 Å². The molecular weight excluding hydrogens is 326 g/mol. The van der Waals surface area contributed by atoms with Gasteiger partial charge in [-0.25, -0.2) is 4.79 Å². The van der Waals surface area contributed by atoms with Gasteiger partial charge in [-0.05, 0) is 45.7 Å². The van der Waals surface area contributed by atoms with Crippen LogP contribution in [0.3, 0.4) is 0 Å². The van der Waals surface area contributed by atoms with Crippen LogP contribution in [0.25, 0.3) is 0 Å². The summed E-state index contributed by atoms with van der Waals surface area (Å²) in [6.45, 7) is 5.96. The molecule has 1 rings (SSSR count). The summed E-state index contributed by atoms with van der Waals surface area (Å²) in [7, 11) is 0. The molecule has 0 aromatic heterocycles. The third-order valence-corrected chi connectivity index (χ3v) is 2.95. The normalized spacial score (nSPS) is 10.8. The number of amides is 3.